The van der Waals surface area contributed by atoms with Gasteiger partial charge in [-0.05, 0) is 38.4 Å². The Kier molecular flexibility index (Phi) is 14.7. The molecule has 2 rings (SSSR count). The second-order valence-electron chi connectivity index (χ2n) is 7.11. The largest absolute Gasteiger partial charge is 0.489 e. The molecular weight excluding hydrogens is 461 g/mol. The van der Waals surface area contributed by atoms with Gasteiger partial charge in [-0.25, -0.2) is 0 Å². The summed E-state index contributed by atoms with van der Waals surface area (Å²) in [5.41, 5.74) is 5.90. The van der Waals surface area contributed by atoms with Gasteiger partial charge in [-0.1, -0.05) is 31.4 Å². The van der Waals surface area contributed by atoms with Crippen LogP contribution in [-0.2, 0) is 19.1 Å². The Balaban J connectivity index is 0.00000480. The zero-order valence-corrected chi connectivity index (χ0v) is 19.8. The summed E-state index contributed by atoms with van der Waals surface area (Å²) in [7, 11) is 0. The van der Waals surface area contributed by atoms with Gasteiger partial charge in [0.25, 0.3) is 0 Å². The van der Waals surface area contributed by atoms with Crippen LogP contribution in [0.3, 0.4) is 0 Å². The van der Waals surface area contributed by atoms with Gasteiger partial charge in [-0.3, -0.25) is 24.6 Å². The number of aliphatic carboxylic acids is 1. The molecule has 0 radical (unpaired) electrons. The first-order valence-corrected chi connectivity index (χ1v) is 10.4. The molecule has 0 spiro atoms. The zero-order valence-electron chi connectivity index (χ0n) is 18.2. The van der Waals surface area contributed by atoms with Gasteiger partial charge in [0.15, 0.2) is 0 Å². The highest BCUT2D eigenvalue weighted by atomic mass is 35.5. The van der Waals surface area contributed by atoms with E-state index in [9.17, 15) is 19.5 Å². The maximum atomic E-state index is 13.1. The van der Waals surface area contributed by atoms with Crippen LogP contribution in [0.2, 0.25) is 0 Å². The van der Waals surface area contributed by atoms with E-state index in [1.54, 1.807) is 31.2 Å². The fourth-order valence-corrected chi connectivity index (χ4v) is 3.37. The molecule has 182 valence electrons. The molecule has 11 heteroatoms. The maximum absolute atomic E-state index is 13.1. The number of para-hydroxylation sites is 2. The van der Waals surface area contributed by atoms with Crippen molar-refractivity contribution >= 4 is 48.3 Å². The standard InChI is InChI=1S/C21H31N3O6.2ClH/c1-2-29-21(28)15(9-5-3-4-8-12-22)23-16-14-30-18-11-7-6-10-17(18)24(20(16)27)13-19(25)26;;/h6-7,10-11,15-16,23H,2-5,8-9,12-14,22H2,1H3,(H,25,26);2*1H/t15-,16-;;/m0../s1. The number of hydrogen-bond donors (Lipinski definition) is 3. The summed E-state index contributed by atoms with van der Waals surface area (Å²) in [6.07, 6.45) is 4.09. The van der Waals surface area contributed by atoms with Crippen LogP contribution in [0.15, 0.2) is 24.3 Å². The number of unbranched alkanes of at least 4 members (excludes halogenated alkanes) is 3. The number of anilines is 1. The van der Waals surface area contributed by atoms with Crippen molar-refractivity contribution in [1.29, 1.82) is 0 Å². The van der Waals surface area contributed by atoms with E-state index in [-0.39, 0.29) is 38.0 Å². The Labute approximate surface area is 200 Å². The normalized spacial score (nSPS) is 15.9. The molecule has 1 aromatic carbocycles. The van der Waals surface area contributed by atoms with Crippen LogP contribution in [0.25, 0.3) is 0 Å². The lowest BCUT2D eigenvalue weighted by Crippen LogP contribution is -2.54. The van der Waals surface area contributed by atoms with Crippen molar-refractivity contribution in [3.8, 4) is 5.75 Å². The average Bonchev–Trinajstić information content (AvgIpc) is 2.84. The number of halogens is 2. The van der Waals surface area contributed by atoms with Gasteiger partial charge in [0.05, 0.1) is 12.3 Å². The van der Waals surface area contributed by atoms with Crippen molar-refractivity contribution in [2.75, 3.05) is 31.2 Å². The first-order valence-electron chi connectivity index (χ1n) is 10.4. The number of carboxylic acid groups (broad SMARTS) is 1. The van der Waals surface area contributed by atoms with Crippen LogP contribution in [0.4, 0.5) is 5.69 Å². The molecule has 1 aliphatic rings. The van der Waals surface area contributed by atoms with Crippen LogP contribution in [0.1, 0.15) is 39.0 Å². The molecule has 1 aromatic rings. The number of amides is 1. The van der Waals surface area contributed by atoms with Crippen LogP contribution in [0, 0.1) is 0 Å². The molecule has 0 fully saturated rings. The number of nitrogens with one attached hydrogen (secondary N) is 1. The minimum absolute atomic E-state index is 0. The average molecular weight is 494 g/mol. The van der Waals surface area contributed by atoms with Gasteiger partial charge in [0.2, 0.25) is 5.91 Å². The fraction of sp³-hybridized carbons (Fsp3) is 0.571. The highest BCUT2D eigenvalue weighted by molar-refractivity contribution is 6.02. The van der Waals surface area contributed by atoms with E-state index in [0.29, 0.717) is 24.4 Å². The van der Waals surface area contributed by atoms with Crippen molar-refractivity contribution in [2.45, 2.75) is 51.1 Å². The number of benzene rings is 1. The molecule has 1 heterocycles. The number of nitrogens with two attached hydrogens (primary N) is 1. The molecule has 0 aliphatic carbocycles. The lowest BCUT2D eigenvalue weighted by molar-refractivity contribution is -0.146. The SMILES string of the molecule is CCOC(=O)[C@H](CCCCCCN)N[C@H]1COc2ccccc2N(CC(=O)O)C1=O.Cl.Cl. The van der Waals surface area contributed by atoms with Crippen LogP contribution < -0.4 is 20.7 Å². The summed E-state index contributed by atoms with van der Waals surface area (Å²) in [6, 6.07) is 5.21. The van der Waals surface area contributed by atoms with E-state index in [1.807, 2.05) is 0 Å². The number of rotatable bonds is 12. The predicted molar refractivity (Wildman–Crippen MR) is 126 cm³/mol. The first kappa shape index (κ1) is 29.9. The number of ether oxygens (including phenoxy) is 2. The molecular formula is C21H33Cl2N3O6. The van der Waals surface area contributed by atoms with Gasteiger partial charge in [-0.15, -0.1) is 24.8 Å². The summed E-state index contributed by atoms with van der Waals surface area (Å²) in [6.45, 7) is 2.07. The molecule has 0 saturated heterocycles. The minimum Gasteiger partial charge on any atom is -0.489 e. The number of fused-ring (bicyclic) bond motifs is 1. The summed E-state index contributed by atoms with van der Waals surface area (Å²) < 4.78 is 10.9. The van der Waals surface area contributed by atoms with Crippen molar-refractivity contribution < 1.29 is 29.0 Å². The predicted octanol–water partition coefficient (Wildman–Crippen LogP) is 2.14. The Morgan fingerprint density at radius 3 is 2.59 bits per heavy atom. The number of carboxylic acids is 1. The molecule has 0 bridgehead atoms. The monoisotopic (exact) mass is 493 g/mol. The van der Waals surface area contributed by atoms with Crippen molar-refractivity contribution in [3.05, 3.63) is 24.3 Å². The van der Waals surface area contributed by atoms with Gasteiger partial charge >= 0.3 is 11.9 Å². The Morgan fingerprint density at radius 2 is 1.94 bits per heavy atom. The van der Waals surface area contributed by atoms with Gasteiger partial charge < -0.3 is 20.3 Å². The number of carbonyl (C=O) groups excluding carboxylic acids is 2. The molecule has 1 amide bonds. The third-order valence-electron chi connectivity index (χ3n) is 4.84. The van der Waals surface area contributed by atoms with Gasteiger partial charge in [0.1, 0.15) is 31.0 Å². The topological polar surface area (TPSA) is 131 Å². The van der Waals surface area contributed by atoms with Crippen molar-refractivity contribution in [2.24, 2.45) is 5.73 Å². The van der Waals surface area contributed by atoms with Crippen LogP contribution >= 0.6 is 24.8 Å². The second kappa shape index (κ2) is 15.7. The van der Waals surface area contributed by atoms with Crippen molar-refractivity contribution in [1.82, 2.24) is 5.32 Å². The Morgan fingerprint density at radius 1 is 1.25 bits per heavy atom. The summed E-state index contributed by atoms with van der Waals surface area (Å²) in [4.78, 5) is 38.1. The molecule has 0 unspecified atom stereocenters. The molecule has 0 saturated carbocycles. The lowest BCUT2D eigenvalue weighted by atomic mass is 10.1. The van der Waals surface area contributed by atoms with E-state index in [4.69, 9.17) is 15.2 Å². The van der Waals surface area contributed by atoms with Crippen molar-refractivity contribution in [3.63, 3.8) is 0 Å². The molecule has 9 nitrogen and oxygen atoms in total. The number of nitrogens with zero attached hydrogens (tertiary/aromatic N) is 1. The van der Waals surface area contributed by atoms with E-state index >= 15 is 0 Å². The third kappa shape index (κ3) is 8.82. The van der Waals surface area contributed by atoms with Gasteiger partial charge in [-0.2, -0.15) is 0 Å². The molecule has 2 atom stereocenters. The summed E-state index contributed by atoms with van der Waals surface area (Å²) in [5.74, 6) is -1.61. The number of hydrogen-bond acceptors (Lipinski definition) is 7. The molecule has 0 aromatic heterocycles. The maximum Gasteiger partial charge on any atom is 0.323 e. The highest BCUT2D eigenvalue weighted by Crippen LogP contribution is 2.31. The Hall–Kier alpha value is -2.07. The van der Waals surface area contributed by atoms with E-state index in [1.165, 1.54) is 4.90 Å². The number of carbonyl (C=O) groups is 3. The van der Waals surface area contributed by atoms with Crippen LogP contribution in [0.5, 0.6) is 5.75 Å². The molecule has 1 aliphatic heterocycles. The van der Waals surface area contributed by atoms with E-state index < -0.39 is 36.5 Å². The van der Waals surface area contributed by atoms with E-state index in [0.717, 1.165) is 25.7 Å². The zero-order chi connectivity index (χ0) is 21.9. The smallest absolute Gasteiger partial charge is 0.323 e. The lowest BCUT2D eigenvalue weighted by Gasteiger charge is -2.26. The molecule has 32 heavy (non-hydrogen) atoms. The summed E-state index contributed by atoms with van der Waals surface area (Å²) in [5, 5.41) is 12.3. The Bertz CT molecular complexity index is 737. The van der Waals surface area contributed by atoms with Crippen LogP contribution in [-0.4, -0.2) is 61.3 Å². The third-order valence-corrected chi connectivity index (χ3v) is 4.84. The minimum atomic E-state index is -1.14. The first-order chi connectivity index (χ1) is 14.5. The fourth-order valence-electron chi connectivity index (χ4n) is 3.37. The second-order valence-corrected chi connectivity index (χ2v) is 7.11. The van der Waals surface area contributed by atoms with Gasteiger partial charge in [0, 0.05) is 0 Å². The quantitative estimate of drug-likeness (QED) is 0.298. The molecule has 4 N–H and O–H groups in total. The summed E-state index contributed by atoms with van der Waals surface area (Å²) >= 11 is 0. The highest BCUT2D eigenvalue weighted by Gasteiger charge is 2.35. The van der Waals surface area contributed by atoms with E-state index in [2.05, 4.69) is 5.32 Å². The number of esters is 1.